The lowest BCUT2D eigenvalue weighted by atomic mass is 9.94. The molecule has 0 aromatic heterocycles. The van der Waals surface area contributed by atoms with Gasteiger partial charge in [-0.3, -0.25) is 19.3 Å². The lowest BCUT2D eigenvalue weighted by Gasteiger charge is -2.30. The number of esters is 1. The van der Waals surface area contributed by atoms with Crippen LogP contribution in [0.3, 0.4) is 0 Å². The van der Waals surface area contributed by atoms with E-state index in [1.54, 1.807) is 6.92 Å². The van der Waals surface area contributed by atoms with Gasteiger partial charge in [0.1, 0.15) is 18.2 Å². The molecule has 10 nitrogen and oxygen atoms in total. The lowest BCUT2D eigenvalue weighted by Crippen LogP contribution is -2.48. The van der Waals surface area contributed by atoms with E-state index in [1.807, 2.05) is 6.92 Å². The fraction of sp³-hybridized carbons (Fsp3) is 0.688. The number of aliphatic hydroxyl groups is 1. The van der Waals surface area contributed by atoms with Gasteiger partial charge in [0, 0.05) is 12.8 Å². The minimum atomic E-state index is -0.863. The Bertz CT molecular complexity index is 724. The molecule has 2 fully saturated rings. The molecule has 0 aliphatic carbocycles. The van der Waals surface area contributed by atoms with Gasteiger partial charge in [-0.15, -0.1) is 0 Å². The summed E-state index contributed by atoms with van der Waals surface area (Å²) < 4.78 is 11.4. The Kier molecular flexibility index (Phi) is 5.54. The number of nitrogens with two attached hydrogens (primary N) is 1. The number of hydrogen-bond acceptors (Lipinski definition) is 9. The number of hydrogen-bond donors (Lipinski definition) is 2. The SMILES string of the molecule is CC[C@H](OC(C)=O)[C@@H]1C[C@@H]([C@@H](C)O)[C@H](N2C(=O)SC3C(=O)N=C(N)N=C32)O1. The van der Waals surface area contributed by atoms with Crippen LogP contribution < -0.4 is 5.73 Å². The predicted molar refractivity (Wildman–Crippen MR) is 97.0 cm³/mol. The Balaban J connectivity index is 1.89. The Morgan fingerprint density at radius 2 is 2.19 bits per heavy atom. The molecule has 2 amide bonds. The van der Waals surface area contributed by atoms with Crippen LogP contribution in [0.4, 0.5) is 4.79 Å². The van der Waals surface area contributed by atoms with E-state index in [-0.39, 0.29) is 11.8 Å². The van der Waals surface area contributed by atoms with Gasteiger partial charge < -0.3 is 20.3 Å². The number of aliphatic imine (C=N–C) groups is 2. The molecule has 3 aliphatic heterocycles. The second kappa shape index (κ2) is 7.56. The van der Waals surface area contributed by atoms with Crippen LogP contribution in [-0.4, -0.2) is 68.7 Å². The number of guanidine groups is 1. The third kappa shape index (κ3) is 3.71. The van der Waals surface area contributed by atoms with E-state index < -0.39 is 52.8 Å². The second-order valence-corrected chi connectivity index (χ2v) is 7.73. The van der Waals surface area contributed by atoms with Crippen LogP contribution >= 0.6 is 11.8 Å². The summed E-state index contributed by atoms with van der Waals surface area (Å²) >= 11 is 0.791. The monoisotopic (exact) mass is 398 g/mol. The van der Waals surface area contributed by atoms with Crippen molar-refractivity contribution in [3.8, 4) is 0 Å². The Morgan fingerprint density at radius 1 is 1.48 bits per heavy atom. The van der Waals surface area contributed by atoms with Crippen molar-refractivity contribution in [1.82, 2.24) is 4.90 Å². The molecule has 3 rings (SSSR count). The largest absolute Gasteiger partial charge is 0.460 e. The van der Waals surface area contributed by atoms with Crippen LogP contribution in [0.5, 0.6) is 0 Å². The Hall–Kier alpha value is -1.98. The number of aliphatic hydroxyl groups excluding tert-OH is 1. The summed E-state index contributed by atoms with van der Waals surface area (Å²) in [4.78, 5) is 44.9. The topological polar surface area (TPSA) is 144 Å². The van der Waals surface area contributed by atoms with Crippen LogP contribution in [0, 0.1) is 5.92 Å². The third-order valence-corrected chi connectivity index (χ3v) is 5.81. The van der Waals surface area contributed by atoms with Gasteiger partial charge in [-0.25, -0.2) is 0 Å². The van der Waals surface area contributed by atoms with Crippen LogP contribution in [0.25, 0.3) is 0 Å². The fourth-order valence-electron chi connectivity index (χ4n) is 3.53. The van der Waals surface area contributed by atoms with Gasteiger partial charge in [-0.2, -0.15) is 9.98 Å². The molecule has 1 unspecified atom stereocenters. The van der Waals surface area contributed by atoms with Crippen molar-refractivity contribution in [1.29, 1.82) is 0 Å². The first-order valence-corrected chi connectivity index (χ1v) is 9.58. The summed E-state index contributed by atoms with van der Waals surface area (Å²) in [6.45, 7) is 4.78. The number of carbonyl (C=O) groups excluding carboxylic acids is 3. The Morgan fingerprint density at radius 3 is 2.78 bits per heavy atom. The van der Waals surface area contributed by atoms with E-state index in [1.165, 1.54) is 11.8 Å². The van der Waals surface area contributed by atoms with Gasteiger partial charge >= 0.3 is 5.97 Å². The zero-order valence-electron chi connectivity index (χ0n) is 15.2. The van der Waals surface area contributed by atoms with Crippen molar-refractivity contribution in [2.45, 2.75) is 63.4 Å². The van der Waals surface area contributed by atoms with Crippen molar-refractivity contribution >= 4 is 40.7 Å². The first-order valence-electron chi connectivity index (χ1n) is 8.70. The van der Waals surface area contributed by atoms with Crippen LogP contribution in [0.2, 0.25) is 0 Å². The molecule has 3 heterocycles. The summed E-state index contributed by atoms with van der Waals surface area (Å²) in [5, 5.41) is 8.95. The summed E-state index contributed by atoms with van der Waals surface area (Å²) in [5.41, 5.74) is 5.58. The highest BCUT2D eigenvalue weighted by molar-refractivity contribution is 8.16. The van der Waals surface area contributed by atoms with Gasteiger partial charge in [0.25, 0.3) is 11.1 Å². The predicted octanol–water partition coefficient (Wildman–Crippen LogP) is 0.231. The molecule has 11 heteroatoms. The molecular weight excluding hydrogens is 376 g/mol. The number of fused-ring (bicyclic) bond motifs is 1. The summed E-state index contributed by atoms with van der Waals surface area (Å²) in [6.07, 6.45) is -1.73. The van der Waals surface area contributed by atoms with Crippen LogP contribution in [0.1, 0.15) is 33.6 Å². The van der Waals surface area contributed by atoms with E-state index in [4.69, 9.17) is 15.2 Å². The number of amides is 2. The van der Waals surface area contributed by atoms with Gasteiger partial charge in [-0.1, -0.05) is 6.92 Å². The number of nitrogens with zero attached hydrogens (tertiary/aromatic N) is 3. The first kappa shape index (κ1) is 19.8. The van der Waals surface area contributed by atoms with E-state index in [0.29, 0.717) is 12.8 Å². The van der Waals surface area contributed by atoms with E-state index in [9.17, 15) is 19.5 Å². The number of thioether (sulfide) groups is 1. The maximum Gasteiger partial charge on any atom is 0.302 e. The number of rotatable bonds is 5. The van der Waals surface area contributed by atoms with Crippen LogP contribution in [0.15, 0.2) is 9.98 Å². The molecule has 0 aromatic carbocycles. The van der Waals surface area contributed by atoms with Crippen molar-refractivity contribution in [2.75, 3.05) is 0 Å². The molecule has 0 spiro atoms. The molecule has 0 radical (unpaired) electrons. The molecule has 6 atom stereocenters. The molecule has 148 valence electrons. The molecular formula is C16H22N4O6S. The number of carbonyl (C=O) groups is 3. The smallest absolute Gasteiger partial charge is 0.302 e. The summed E-state index contributed by atoms with van der Waals surface area (Å²) in [5.74, 6) is -1.48. The van der Waals surface area contributed by atoms with Crippen molar-refractivity contribution in [2.24, 2.45) is 21.6 Å². The maximum atomic E-state index is 12.6. The van der Waals surface area contributed by atoms with Gasteiger partial charge in [0.2, 0.25) is 5.96 Å². The van der Waals surface area contributed by atoms with Crippen molar-refractivity contribution in [3.63, 3.8) is 0 Å². The highest BCUT2D eigenvalue weighted by Crippen LogP contribution is 2.40. The summed E-state index contributed by atoms with van der Waals surface area (Å²) in [7, 11) is 0. The quantitative estimate of drug-likeness (QED) is 0.626. The minimum absolute atomic E-state index is 0.166. The second-order valence-electron chi connectivity index (χ2n) is 6.67. The lowest BCUT2D eigenvalue weighted by molar-refractivity contribution is -0.156. The maximum absolute atomic E-state index is 12.6. The normalized spacial score (nSPS) is 32.7. The average Bonchev–Trinajstić information content (AvgIpc) is 3.13. The van der Waals surface area contributed by atoms with Crippen LogP contribution in [-0.2, 0) is 19.1 Å². The van der Waals surface area contributed by atoms with Gasteiger partial charge in [0.15, 0.2) is 5.25 Å². The minimum Gasteiger partial charge on any atom is -0.460 e. The van der Waals surface area contributed by atoms with Crippen molar-refractivity contribution in [3.05, 3.63) is 0 Å². The first-order chi connectivity index (χ1) is 12.7. The molecule has 3 N–H and O–H groups in total. The third-order valence-electron chi connectivity index (χ3n) is 4.77. The van der Waals surface area contributed by atoms with E-state index in [2.05, 4.69) is 9.98 Å². The standard InChI is InChI=1S/C16H22N4O6S/c1-4-9(25-7(3)22)10-5-8(6(2)21)14(26-10)20-12-11(27-16(20)24)13(23)19-15(17)18-12/h6,8-11,14,21H,4-5H2,1-3H3,(H2,17,19,23)/t6-,8+,9+,10+,11?,14-/m1/s1. The number of ether oxygens (including phenoxy) is 2. The van der Waals surface area contributed by atoms with Crippen molar-refractivity contribution < 1.29 is 29.0 Å². The highest BCUT2D eigenvalue weighted by Gasteiger charge is 2.53. The molecule has 0 saturated carbocycles. The molecule has 0 bridgehead atoms. The average molecular weight is 398 g/mol. The molecule has 0 aromatic rings. The van der Waals surface area contributed by atoms with Gasteiger partial charge in [-0.05, 0) is 31.5 Å². The number of amidine groups is 1. The molecule has 27 heavy (non-hydrogen) atoms. The molecule has 2 saturated heterocycles. The molecule has 3 aliphatic rings. The Labute approximate surface area is 160 Å². The van der Waals surface area contributed by atoms with E-state index >= 15 is 0 Å². The van der Waals surface area contributed by atoms with E-state index in [0.717, 1.165) is 11.8 Å². The zero-order chi connectivity index (χ0) is 19.9. The fourth-order valence-corrected chi connectivity index (χ4v) is 4.47. The zero-order valence-corrected chi connectivity index (χ0v) is 16.0. The van der Waals surface area contributed by atoms with Gasteiger partial charge in [0.05, 0.1) is 12.2 Å². The summed E-state index contributed by atoms with van der Waals surface area (Å²) in [6, 6.07) is 0. The highest BCUT2D eigenvalue weighted by atomic mass is 32.2.